The molecule has 3 rings (SSSR count). The fraction of sp³-hybridized carbons (Fsp3) is 0.222. The van der Waals surface area contributed by atoms with Gasteiger partial charge in [0, 0.05) is 48.7 Å². The number of aromatic nitrogens is 2. The molecule has 3 aromatic rings. The van der Waals surface area contributed by atoms with Crippen LogP contribution in [-0.2, 0) is 4.79 Å². The highest BCUT2D eigenvalue weighted by atomic mass is 35.5. The lowest BCUT2D eigenvalue weighted by atomic mass is 10.1. The van der Waals surface area contributed by atoms with Crippen molar-refractivity contribution in [1.29, 1.82) is 0 Å². The van der Waals surface area contributed by atoms with E-state index < -0.39 is 0 Å². The van der Waals surface area contributed by atoms with Crippen LogP contribution in [0, 0.1) is 0 Å². The Morgan fingerprint density at radius 1 is 1.27 bits per heavy atom. The van der Waals surface area contributed by atoms with Gasteiger partial charge in [-0.1, -0.05) is 11.6 Å². The van der Waals surface area contributed by atoms with Gasteiger partial charge in [0.15, 0.2) is 0 Å². The Balaban J connectivity index is 1.99. The van der Waals surface area contributed by atoms with Gasteiger partial charge in [0.05, 0.1) is 24.9 Å². The summed E-state index contributed by atoms with van der Waals surface area (Å²) >= 11 is 6.25. The summed E-state index contributed by atoms with van der Waals surface area (Å²) in [5.74, 6) is 0.999. The molecule has 0 unspecified atom stereocenters. The average Bonchev–Trinajstić information content (AvgIpc) is 3.04. The van der Waals surface area contributed by atoms with Crippen molar-refractivity contribution in [2.75, 3.05) is 26.1 Å². The van der Waals surface area contributed by atoms with E-state index >= 15 is 0 Å². The number of imidazole rings is 1. The normalized spacial score (nSPS) is 10.8. The number of nitrogens with one attached hydrogen (secondary N) is 1. The molecule has 0 aliphatic carbocycles. The number of hydrogen-bond acceptors (Lipinski definition) is 5. The summed E-state index contributed by atoms with van der Waals surface area (Å²) in [5, 5.41) is 3.26. The summed E-state index contributed by atoms with van der Waals surface area (Å²) < 4.78 is 12.5. The quantitative estimate of drug-likeness (QED) is 0.692. The zero-order chi connectivity index (χ0) is 18.7. The molecule has 0 spiro atoms. The number of rotatable bonds is 6. The highest BCUT2D eigenvalue weighted by Gasteiger charge is 2.15. The minimum absolute atomic E-state index is 0.132. The minimum Gasteiger partial charge on any atom is -0.496 e. The maximum atomic E-state index is 11.7. The molecule has 0 bridgehead atoms. The number of nitrogens with zero attached hydrogens (tertiary/aromatic N) is 2. The van der Waals surface area contributed by atoms with E-state index in [4.69, 9.17) is 26.8 Å². The number of pyridine rings is 1. The molecule has 1 aromatic carbocycles. The van der Waals surface area contributed by atoms with Gasteiger partial charge in [-0.2, -0.15) is 0 Å². The number of anilines is 1. The maximum Gasteiger partial charge on any atom is 0.225 e. The lowest BCUT2D eigenvalue weighted by Gasteiger charge is -2.10. The highest BCUT2D eigenvalue weighted by Crippen LogP contribution is 2.38. The summed E-state index contributed by atoms with van der Waals surface area (Å²) in [6.07, 6.45) is 3.95. The van der Waals surface area contributed by atoms with Gasteiger partial charge in [-0.15, -0.1) is 0 Å². The summed E-state index contributed by atoms with van der Waals surface area (Å²) in [6.45, 7) is 0.305. The molecule has 0 atom stereocenters. The monoisotopic (exact) mass is 374 g/mol. The van der Waals surface area contributed by atoms with Crippen LogP contribution in [0.5, 0.6) is 11.5 Å². The van der Waals surface area contributed by atoms with Gasteiger partial charge >= 0.3 is 0 Å². The number of carbonyl (C=O) groups excluding carboxylic acids is 1. The standard InChI is InChI=1S/C18H19ClN4O3/c1-25-15-9-16(26-2)13(19)8-12(15)14-10-23-6-4-11(7-17(23)22-14)21-18(24)3-5-20/h4,6-10H,3,5,20H2,1-2H3,(H,21,24). The first-order chi connectivity index (χ1) is 12.5. The van der Waals surface area contributed by atoms with E-state index in [1.807, 2.05) is 16.8 Å². The Kier molecular flexibility index (Phi) is 5.29. The molecular weight excluding hydrogens is 356 g/mol. The molecule has 0 fully saturated rings. The number of methoxy groups -OCH3 is 2. The first kappa shape index (κ1) is 18.0. The fourth-order valence-electron chi connectivity index (χ4n) is 2.60. The van der Waals surface area contributed by atoms with Gasteiger partial charge in [-0.25, -0.2) is 4.98 Å². The van der Waals surface area contributed by atoms with Crippen molar-refractivity contribution in [2.24, 2.45) is 5.73 Å². The lowest BCUT2D eigenvalue weighted by molar-refractivity contribution is -0.116. The Labute approximate surface area is 155 Å². The SMILES string of the molecule is COc1cc(OC)c(-c2cn3ccc(NC(=O)CCN)cc3n2)cc1Cl. The molecular formula is C18H19ClN4O3. The topological polar surface area (TPSA) is 90.9 Å². The predicted molar refractivity (Wildman–Crippen MR) is 101 cm³/mol. The molecule has 26 heavy (non-hydrogen) atoms. The molecule has 0 aliphatic rings. The van der Waals surface area contributed by atoms with Gasteiger partial charge in [0.1, 0.15) is 17.1 Å². The number of nitrogens with two attached hydrogens (primary N) is 1. The van der Waals surface area contributed by atoms with Crippen LogP contribution >= 0.6 is 11.6 Å². The Bertz CT molecular complexity index is 955. The maximum absolute atomic E-state index is 11.7. The van der Waals surface area contributed by atoms with Crippen LogP contribution in [0.4, 0.5) is 5.69 Å². The van der Waals surface area contributed by atoms with Crippen molar-refractivity contribution in [2.45, 2.75) is 6.42 Å². The smallest absolute Gasteiger partial charge is 0.225 e. The molecule has 1 amide bonds. The highest BCUT2D eigenvalue weighted by molar-refractivity contribution is 6.32. The second-order valence-electron chi connectivity index (χ2n) is 5.58. The van der Waals surface area contributed by atoms with Gasteiger partial charge < -0.3 is 24.9 Å². The number of benzene rings is 1. The van der Waals surface area contributed by atoms with Gasteiger partial charge in [-0.05, 0) is 12.1 Å². The second kappa shape index (κ2) is 7.63. The third-order valence-electron chi connectivity index (χ3n) is 3.87. The third-order valence-corrected chi connectivity index (χ3v) is 4.16. The predicted octanol–water partition coefficient (Wildman–Crippen LogP) is 2.96. The fourth-order valence-corrected chi connectivity index (χ4v) is 2.85. The van der Waals surface area contributed by atoms with Crippen LogP contribution in [-0.4, -0.2) is 36.1 Å². The second-order valence-corrected chi connectivity index (χ2v) is 5.99. The first-order valence-electron chi connectivity index (χ1n) is 7.96. The Morgan fingerprint density at radius 2 is 2.04 bits per heavy atom. The molecule has 3 N–H and O–H groups in total. The van der Waals surface area contributed by atoms with Crippen LogP contribution in [0.1, 0.15) is 6.42 Å². The van der Waals surface area contributed by atoms with Crippen molar-refractivity contribution in [3.63, 3.8) is 0 Å². The van der Waals surface area contributed by atoms with Crippen LogP contribution in [0.3, 0.4) is 0 Å². The summed E-state index contributed by atoms with van der Waals surface area (Å²) in [5.41, 5.74) is 8.17. The minimum atomic E-state index is -0.132. The molecule has 2 aromatic heterocycles. The Morgan fingerprint density at radius 3 is 2.73 bits per heavy atom. The van der Waals surface area contributed by atoms with Crippen molar-refractivity contribution in [1.82, 2.24) is 9.38 Å². The number of carbonyl (C=O) groups is 1. The molecule has 0 saturated carbocycles. The number of fused-ring (bicyclic) bond motifs is 1. The van der Waals surface area contributed by atoms with E-state index in [1.54, 1.807) is 38.5 Å². The first-order valence-corrected chi connectivity index (χ1v) is 8.34. The molecule has 0 radical (unpaired) electrons. The third kappa shape index (κ3) is 3.58. The van der Waals surface area contributed by atoms with Gasteiger partial charge in [0.2, 0.25) is 5.91 Å². The molecule has 7 nitrogen and oxygen atoms in total. The van der Waals surface area contributed by atoms with Crippen LogP contribution < -0.4 is 20.5 Å². The van der Waals surface area contributed by atoms with Crippen molar-refractivity contribution in [3.8, 4) is 22.8 Å². The molecule has 0 aliphatic heterocycles. The van der Waals surface area contributed by atoms with Crippen molar-refractivity contribution in [3.05, 3.63) is 41.7 Å². The van der Waals surface area contributed by atoms with Crippen molar-refractivity contribution >= 4 is 28.8 Å². The number of ether oxygens (including phenoxy) is 2. The largest absolute Gasteiger partial charge is 0.496 e. The summed E-state index contributed by atoms with van der Waals surface area (Å²) in [6, 6.07) is 7.06. The van der Waals surface area contributed by atoms with E-state index in [0.717, 1.165) is 5.56 Å². The molecule has 2 heterocycles. The number of halogens is 1. The molecule has 8 heteroatoms. The lowest BCUT2D eigenvalue weighted by Crippen LogP contribution is -2.16. The van der Waals surface area contributed by atoms with Crippen LogP contribution in [0.15, 0.2) is 36.7 Å². The zero-order valence-electron chi connectivity index (χ0n) is 14.5. The number of amides is 1. The van der Waals surface area contributed by atoms with Crippen LogP contribution in [0.25, 0.3) is 16.9 Å². The Hall–Kier alpha value is -2.77. The van der Waals surface area contributed by atoms with E-state index in [0.29, 0.717) is 40.1 Å². The van der Waals surface area contributed by atoms with E-state index in [9.17, 15) is 4.79 Å². The number of hydrogen-bond donors (Lipinski definition) is 2. The van der Waals surface area contributed by atoms with E-state index in [2.05, 4.69) is 10.3 Å². The van der Waals surface area contributed by atoms with Gasteiger partial charge in [-0.3, -0.25) is 4.79 Å². The van der Waals surface area contributed by atoms with Crippen LogP contribution in [0.2, 0.25) is 5.02 Å². The van der Waals surface area contributed by atoms with E-state index in [1.165, 1.54) is 0 Å². The van der Waals surface area contributed by atoms with E-state index in [-0.39, 0.29) is 12.3 Å². The van der Waals surface area contributed by atoms with Gasteiger partial charge in [0.25, 0.3) is 0 Å². The zero-order valence-corrected chi connectivity index (χ0v) is 15.2. The average molecular weight is 375 g/mol. The van der Waals surface area contributed by atoms with Crippen molar-refractivity contribution < 1.29 is 14.3 Å². The summed E-state index contributed by atoms with van der Waals surface area (Å²) in [4.78, 5) is 16.3. The summed E-state index contributed by atoms with van der Waals surface area (Å²) in [7, 11) is 3.12. The molecule has 136 valence electrons. The molecule has 0 saturated heterocycles.